The number of carbonyl (C=O) groups excluding carboxylic acids is 3. The molecule has 32 heavy (non-hydrogen) atoms. The summed E-state index contributed by atoms with van der Waals surface area (Å²) in [4.78, 5) is 57.3. The van der Waals surface area contributed by atoms with Crippen LogP contribution in [0.3, 0.4) is 0 Å². The molecule has 2 amide bonds. The maximum absolute atomic E-state index is 13.0. The standard InChI is InChI=1S/C23H21N3O5S/c1-13-17-19(24-16-9-3-2-6-10-25(16)22(17)29)32-18(13)23(30)31-12-11-26-20(27)14-7-4-5-8-15(14)21(26)28/h4-5,7-8H,2-3,6,9-12H2,1H3. The summed E-state index contributed by atoms with van der Waals surface area (Å²) in [7, 11) is 0. The van der Waals surface area contributed by atoms with Gasteiger partial charge in [-0.2, -0.15) is 0 Å². The van der Waals surface area contributed by atoms with Crippen molar-refractivity contribution >= 4 is 39.3 Å². The molecular weight excluding hydrogens is 430 g/mol. The number of hydrogen-bond donors (Lipinski definition) is 0. The van der Waals surface area contributed by atoms with E-state index in [1.165, 1.54) is 0 Å². The monoisotopic (exact) mass is 451 g/mol. The molecule has 0 bridgehead atoms. The summed E-state index contributed by atoms with van der Waals surface area (Å²) < 4.78 is 7.10. The van der Waals surface area contributed by atoms with Crippen molar-refractivity contribution in [2.75, 3.05) is 13.2 Å². The molecule has 0 N–H and O–H groups in total. The Bertz CT molecular complexity index is 1300. The summed E-state index contributed by atoms with van der Waals surface area (Å²) in [5.74, 6) is -0.592. The summed E-state index contributed by atoms with van der Waals surface area (Å²) >= 11 is 1.15. The minimum absolute atomic E-state index is 0.0305. The molecule has 8 nitrogen and oxygen atoms in total. The minimum atomic E-state index is -0.582. The molecule has 0 saturated carbocycles. The topological polar surface area (TPSA) is 98.6 Å². The number of aryl methyl sites for hydroxylation is 2. The minimum Gasteiger partial charge on any atom is -0.460 e. The highest BCUT2D eigenvalue weighted by atomic mass is 32.1. The fourth-order valence-electron chi connectivity index (χ4n) is 4.34. The van der Waals surface area contributed by atoms with Gasteiger partial charge in [0.05, 0.1) is 23.1 Å². The van der Waals surface area contributed by atoms with Crippen molar-refractivity contribution in [3.05, 3.63) is 62.0 Å². The molecule has 0 radical (unpaired) electrons. The molecule has 1 aromatic carbocycles. The van der Waals surface area contributed by atoms with E-state index < -0.39 is 17.8 Å². The lowest BCUT2D eigenvalue weighted by Gasteiger charge is -2.13. The van der Waals surface area contributed by atoms with Crippen LogP contribution < -0.4 is 5.56 Å². The van der Waals surface area contributed by atoms with Gasteiger partial charge in [-0.3, -0.25) is 23.9 Å². The average Bonchev–Trinajstić information content (AvgIpc) is 3.10. The van der Waals surface area contributed by atoms with Crippen LogP contribution in [-0.4, -0.2) is 45.4 Å². The van der Waals surface area contributed by atoms with Gasteiger partial charge in [0.1, 0.15) is 22.1 Å². The van der Waals surface area contributed by atoms with E-state index in [2.05, 4.69) is 4.98 Å². The molecule has 2 aromatic heterocycles. The van der Waals surface area contributed by atoms with Crippen molar-refractivity contribution in [3.63, 3.8) is 0 Å². The summed E-state index contributed by atoms with van der Waals surface area (Å²) in [6.07, 6.45) is 3.76. The number of carbonyl (C=O) groups is 3. The zero-order chi connectivity index (χ0) is 22.4. The molecule has 0 fully saturated rings. The Morgan fingerprint density at radius 2 is 1.81 bits per heavy atom. The molecule has 0 saturated heterocycles. The van der Waals surface area contributed by atoms with E-state index in [9.17, 15) is 19.2 Å². The molecule has 0 unspecified atom stereocenters. The first-order chi connectivity index (χ1) is 15.5. The van der Waals surface area contributed by atoms with Gasteiger partial charge in [0.2, 0.25) is 0 Å². The zero-order valence-corrected chi connectivity index (χ0v) is 18.4. The largest absolute Gasteiger partial charge is 0.460 e. The number of rotatable bonds is 4. The first-order valence-electron chi connectivity index (χ1n) is 10.6. The van der Waals surface area contributed by atoms with Crippen molar-refractivity contribution in [3.8, 4) is 0 Å². The number of imide groups is 1. The van der Waals surface area contributed by atoms with Crippen LogP contribution in [0.15, 0.2) is 29.1 Å². The van der Waals surface area contributed by atoms with Crippen molar-refractivity contribution in [1.29, 1.82) is 0 Å². The van der Waals surface area contributed by atoms with Crippen LogP contribution in [-0.2, 0) is 17.7 Å². The quantitative estimate of drug-likeness (QED) is 0.447. The van der Waals surface area contributed by atoms with E-state index in [4.69, 9.17) is 4.74 Å². The first kappa shape index (κ1) is 20.6. The molecule has 9 heteroatoms. The summed E-state index contributed by atoms with van der Waals surface area (Å²) in [6.45, 7) is 2.22. The fourth-order valence-corrected chi connectivity index (χ4v) is 5.43. The normalized spacial score (nSPS) is 15.6. The van der Waals surface area contributed by atoms with Crippen LogP contribution in [0.2, 0.25) is 0 Å². The fraction of sp³-hybridized carbons (Fsp3) is 0.348. The number of nitrogens with zero attached hydrogens (tertiary/aromatic N) is 3. The van der Waals surface area contributed by atoms with Crippen molar-refractivity contribution in [1.82, 2.24) is 14.5 Å². The summed E-state index contributed by atoms with van der Waals surface area (Å²) in [6, 6.07) is 6.62. The van der Waals surface area contributed by atoms with Crippen molar-refractivity contribution in [2.45, 2.75) is 39.2 Å². The lowest BCUT2D eigenvalue weighted by Crippen LogP contribution is -2.33. The van der Waals surface area contributed by atoms with Gasteiger partial charge in [-0.25, -0.2) is 9.78 Å². The highest BCUT2D eigenvalue weighted by Crippen LogP contribution is 2.29. The predicted octanol–water partition coefficient (Wildman–Crippen LogP) is 2.95. The molecular formula is C23H21N3O5S. The molecule has 5 rings (SSSR count). The second kappa shape index (κ2) is 7.98. The maximum Gasteiger partial charge on any atom is 0.348 e. The van der Waals surface area contributed by atoms with E-state index in [1.807, 2.05) is 0 Å². The zero-order valence-electron chi connectivity index (χ0n) is 17.6. The number of aromatic nitrogens is 2. The maximum atomic E-state index is 13.0. The lowest BCUT2D eigenvalue weighted by molar-refractivity contribution is 0.0424. The van der Waals surface area contributed by atoms with Gasteiger partial charge < -0.3 is 4.74 Å². The van der Waals surface area contributed by atoms with E-state index in [-0.39, 0.29) is 18.7 Å². The Balaban J connectivity index is 1.33. The van der Waals surface area contributed by atoms with Gasteiger partial charge >= 0.3 is 5.97 Å². The van der Waals surface area contributed by atoms with Gasteiger partial charge in [0.25, 0.3) is 17.4 Å². The number of hydrogen-bond acceptors (Lipinski definition) is 7. The van der Waals surface area contributed by atoms with E-state index in [0.29, 0.717) is 38.3 Å². The van der Waals surface area contributed by atoms with E-state index in [1.54, 1.807) is 35.8 Å². The van der Waals surface area contributed by atoms with Gasteiger partial charge in [-0.1, -0.05) is 18.6 Å². The predicted molar refractivity (Wildman–Crippen MR) is 118 cm³/mol. The highest BCUT2D eigenvalue weighted by molar-refractivity contribution is 7.20. The summed E-state index contributed by atoms with van der Waals surface area (Å²) in [5.41, 5.74) is 1.17. The molecule has 0 aliphatic carbocycles. The third-order valence-corrected chi connectivity index (χ3v) is 7.19. The Morgan fingerprint density at radius 3 is 2.53 bits per heavy atom. The SMILES string of the molecule is Cc1c(C(=O)OCCN2C(=O)c3ccccc3C2=O)sc2nc3n(c(=O)c12)CCCCC3. The van der Waals surface area contributed by atoms with Gasteiger partial charge in [0, 0.05) is 13.0 Å². The third-order valence-electron chi connectivity index (χ3n) is 6.02. The third kappa shape index (κ3) is 3.24. The summed E-state index contributed by atoms with van der Waals surface area (Å²) in [5, 5.41) is 0.466. The number of ether oxygens (including phenoxy) is 1. The number of benzene rings is 1. The van der Waals surface area contributed by atoms with Crippen molar-refractivity contribution < 1.29 is 19.1 Å². The number of esters is 1. The smallest absolute Gasteiger partial charge is 0.348 e. The van der Waals surface area contributed by atoms with Gasteiger partial charge in [-0.15, -0.1) is 11.3 Å². The van der Waals surface area contributed by atoms with Gasteiger partial charge in [-0.05, 0) is 37.5 Å². The number of amides is 2. The van der Waals surface area contributed by atoms with E-state index >= 15 is 0 Å². The van der Waals surface area contributed by atoms with E-state index in [0.717, 1.165) is 47.7 Å². The molecule has 164 valence electrons. The lowest BCUT2D eigenvalue weighted by atomic mass is 10.1. The molecule has 4 heterocycles. The Kier molecular flexibility index (Phi) is 5.13. The van der Waals surface area contributed by atoms with Gasteiger partial charge in [0.15, 0.2) is 0 Å². The highest BCUT2D eigenvalue weighted by Gasteiger charge is 2.35. The van der Waals surface area contributed by atoms with Crippen molar-refractivity contribution in [2.24, 2.45) is 0 Å². The van der Waals surface area contributed by atoms with Crippen LogP contribution in [0.25, 0.3) is 10.2 Å². The van der Waals surface area contributed by atoms with Crippen LogP contribution in [0.4, 0.5) is 0 Å². The Hall–Kier alpha value is -3.33. The van der Waals surface area contributed by atoms with Crippen LogP contribution in [0.5, 0.6) is 0 Å². The molecule has 2 aliphatic rings. The number of thiophene rings is 1. The van der Waals surface area contributed by atoms with Crippen LogP contribution in [0, 0.1) is 6.92 Å². The first-order valence-corrected chi connectivity index (χ1v) is 11.4. The number of fused-ring (bicyclic) bond motifs is 3. The second-order valence-electron chi connectivity index (χ2n) is 7.98. The molecule has 2 aliphatic heterocycles. The Morgan fingerprint density at radius 1 is 1.09 bits per heavy atom. The van der Waals surface area contributed by atoms with Crippen LogP contribution in [0.1, 0.15) is 61.0 Å². The molecule has 0 atom stereocenters. The Labute approximate surface area is 187 Å². The molecule has 0 spiro atoms. The second-order valence-corrected chi connectivity index (χ2v) is 8.97. The van der Waals surface area contributed by atoms with Crippen LogP contribution >= 0.6 is 11.3 Å². The average molecular weight is 452 g/mol. The molecule has 3 aromatic rings.